The summed E-state index contributed by atoms with van der Waals surface area (Å²) in [4.78, 5) is 10.7. The second-order valence-corrected chi connectivity index (χ2v) is 4.61. The van der Waals surface area contributed by atoms with Gasteiger partial charge in [-0.1, -0.05) is 17.7 Å². The lowest BCUT2D eigenvalue weighted by atomic mass is 10.2. The fourth-order valence-corrected chi connectivity index (χ4v) is 2.13. The summed E-state index contributed by atoms with van der Waals surface area (Å²) in [5, 5.41) is 18.1. The van der Waals surface area contributed by atoms with Crippen LogP contribution in [0.25, 0.3) is 0 Å². The van der Waals surface area contributed by atoms with Crippen molar-refractivity contribution in [3.05, 3.63) is 28.8 Å². The highest BCUT2D eigenvalue weighted by atomic mass is 35.5. The highest BCUT2D eigenvalue weighted by molar-refractivity contribution is 6.31. The molecule has 5 nitrogen and oxygen atoms in total. The van der Waals surface area contributed by atoms with Gasteiger partial charge in [-0.15, -0.1) is 0 Å². The number of carbonyl (C=O) groups is 1. The van der Waals surface area contributed by atoms with Gasteiger partial charge in [0.05, 0.1) is 11.1 Å². The van der Waals surface area contributed by atoms with Crippen molar-refractivity contribution >= 4 is 17.6 Å². The summed E-state index contributed by atoms with van der Waals surface area (Å²) < 4.78 is 10.8. The van der Waals surface area contributed by atoms with Gasteiger partial charge >= 0.3 is 5.97 Å². The first-order valence-corrected chi connectivity index (χ1v) is 6.19. The third kappa shape index (κ3) is 3.16. The number of halogens is 1. The number of nitrogens with zero attached hydrogens (tertiary/aromatic N) is 1. The van der Waals surface area contributed by atoms with E-state index in [4.69, 9.17) is 31.4 Å². The van der Waals surface area contributed by atoms with E-state index in [0.717, 1.165) is 0 Å². The van der Waals surface area contributed by atoms with Gasteiger partial charge in [-0.05, 0) is 25.0 Å². The van der Waals surface area contributed by atoms with Crippen molar-refractivity contribution in [2.75, 3.05) is 6.61 Å². The van der Waals surface area contributed by atoms with Gasteiger partial charge in [0.15, 0.2) is 6.10 Å². The van der Waals surface area contributed by atoms with Crippen molar-refractivity contribution in [2.24, 2.45) is 0 Å². The molecule has 1 N–H and O–H groups in total. The van der Waals surface area contributed by atoms with E-state index in [1.165, 1.54) is 0 Å². The number of hydrogen-bond acceptors (Lipinski definition) is 4. The molecule has 1 aliphatic rings. The van der Waals surface area contributed by atoms with Crippen LogP contribution < -0.4 is 4.74 Å². The predicted molar refractivity (Wildman–Crippen MR) is 67.2 cm³/mol. The maximum absolute atomic E-state index is 10.7. The summed E-state index contributed by atoms with van der Waals surface area (Å²) in [6.07, 6.45) is 0.0682. The van der Waals surface area contributed by atoms with Gasteiger partial charge in [0.25, 0.3) is 0 Å². The Morgan fingerprint density at radius 3 is 3.00 bits per heavy atom. The van der Waals surface area contributed by atoms with Crippen LogP contribution in [0.5, 0.6) is 5.75 Å². The van der Waals surface area contributed by atoms with Crippen LogP contribution >= 0.6 is 11.6 Å². The van der Waals surface area contributed by atoms with E-state index in [1.807, 2.05) is 6.07 Å². The van der Waals surface area contributed by atoms with Gasteiger partial charge in [0.2, 0.25) is 0 Å². The molecule has 1 aromatic carbocycles. The lowest BCUT2D eigenvalue weighted by Gasteiger charge is -2.13. The molecule has 1 heterocycles. The van der Waals surface area contributed by atoms with Crippen molar-refractivity contribution in [2.45, 2.75) is 25.0 Å². The van der Waals surface area contributed by atoms with Gasteiger partial charge in [-0.3, -0.25) is 0 Å². The minimum absolute atomic E-state index is 0.207. The first-order chi connectivity index (χ1) is 9.11. The average molecular weight is 282 g/mol. The fraction of sp³-hybridized carbons (Fsp3) is 0.385. The molecule has 100 valence electrons. The molecule has 2 rings (SSSR count). The van der Waals surface area contributed by atoms with Crippen LogP contribution in [0.15, 0.2) is 18.2 Å². The summed E-state index contributed by atoms with van der Waals surface area (Å²) in [7, 11) is 0. The number of carboxylic acid groups (broad SMARTS) is 1. The molecule has 1 saturated heterocycles. The van der Waals surface area contributed by atoms with Crippen LogP contribution in [-0.2, 0) is 9.53 Å². The monoisotopic (exact) mass is 281 g/mol. The Morgan fingerprint density at radius 2 is 2.37 bits per heavy atom. The first kappa shape index (κ1) is 13.7. The zero-order valence-electron chi connectivity index (χ0n) is 10.0. The van der Waals surface area contributed by atoms with E-state index in [9.17, 15) is 4.79 Å². The van der Waals surface area contributed by atoms with Gasteiger partial charge in [0.1, 0.15) is 24.0 Å². The molecular formula is C13H12ClNO4. The summed E-state index contributed by atoms with van der Waals surface area (Å²) in [6, 6.07) is 6.92. The Morgan fingerprint density at radius 1 is 1.58 bits per heavy atom. The van der Waals surface area contributed by atoms with Crippen molar-refractivity contribution < 1.29 is 19.4 Å². The van der Waals surface area contributed by atoms with Crippen LogP contribution in [0.2, 0.25) is 5.02 Å². The van der Waals surface area contributed by atoms with Crippen LogP contribution in [0.1, 0.15) is 18.4 Å². The lowest BCUT2D eigenvalue weighted by Crippen LogP contribution is -2.23. The molecule has 0 spiro atoms. The molecule has 1 aliphatic heterocycles. The largest absolute Gasteiger partial charge is 0.489 e. The third-order valence-corrected chi connectivity index (χ3v) is 3.21. The molecule has 0 radical (unpaired) electrons. The van der Waals surface area contributed by atoms with E-state index >= 15 is 0 Å². The van der Waals surface area contributed by atoms with Gasteiger partial charge in [-0.2, -0.15) is 5.26 Å². The number of ether oxygens (including phenoxy) is 2. The molecule has 1 aromatic rings. The Bertz CT molecular complexity index is 526. The molecule has 2 atom stereocenters. The Labute approximate surface area is 115 Å². The zero-order valence-corrected chi connectivity index (χ0v) is 10.8. The number of carboxylic acids is 1. The molecule has 0 saturated carbocycles. The van der Waals surface area contributed by atoms with E-state index < -0.39 is 12.1 Å². The quantitative estimate of drug-likeness (QED) is 0.915. The summed E-state index contributed by atoms with van der Waals surface area (Å²) in [5.41, 5.74) is 0.275. The minimum Gasteiger partial charge on any atom is -0.489 e. The predicted octanol–water partition coefficient (Wildman–Crippen LogP) is 2.22. The topological polar surface area (TPSA) is 79.5 Å². The molecule has 6 heteroatoms. The molecular weight excluding hydrogens is 270 g/mol. The maximum Gasteiger partial charge on any atom is 0.332 e. The molecule has 0 aliphatic carbocycles. The van der Waals surface area contributed by atoms with E-state index in [2.05, 4.69) is 0 Å². The summed E-state index contributed by atoms with van der Waals surface area (Å²) in [6.45, 7) is 0.207. The van der Waals surface area contributed by atoms with Gasteiger partial charge in [0, 0.05) is 0 Å². The Hall–Kier alpha value is -1.77. The fourth-order valence-electron chi connectivity index (χ4n) is 1.93. The van der Waals surface area contributed by atoms with Crippen LogP contribution in [0, 0.1) is 11.3 Å². The van der Waals surface area contributed by atoms with Crippen molar-refractivity contribution in [3.8, 4) is 11.8 Å². The molecule has 19 heavy (non-hydrogen) atoms. The summed E-state index contributed by atoms with van der Waals surface area (Å²) in [5.74, 6) is -0.569. The molecule has 0 bridgehead atoms. The van der Waals surface area contributed by atoms with Crippen LogP contribution in [-0.4, -0.2) is 29.9 Å². The Kier molecular flexibility index (Phi) is 4.25. The zero-order chi connectivity index (χ0) is 13.8. The highest BCUT2D eigenvalue weighted by Crippen LogP contribution is 2.27. The standard InChI is InChI=1S/C13H12ClNO4/c14-10-2-1-3-11(9(10)6-15)18-7-8-4-5-12(19-8)13(16)17/h1-3,8,12H,4-5,7H2,(H,16,17). The number of hydrogen-bond donors (Lipinski definition) is 1. The summed E-state index contributed by atoms with van der Waals surface area (Å²) >= 11 is 5.88. The van der Waals surface area contributed by atoms with Crippen LogP contribution in [0.3, 0.4) is 0 Å². The first-order valence-electron chi connectivity index (χ1n) is 5.81. The van der Waals surface area contributed by atoms with Crippen molar-refractivity contribution in [3.63, 3.8) is 0 Å². The second-order valence-electron chi connectivity index (χ2n) is 4.20. The number of aliphatic carboxylic acids is 1. The van der Waals surface area contributed by atoms with E-state index in [-0.39, 0.29) is 18.3 Å². The molecule has 0 aromatic heterocycles. The second kappa shape index (κ2) is 5.91. The van der Waals surface area contributed by atoms with Crippen LogP contribution in [0.4, 0.5) is 0 Å². The molecule has 2 unspecified atom stereocenters. The average Bonchev–Trinajstić information content (AvgIpc) is 2.85. The number of rotatable bonds is 4. The van der Waals surface area contributed by atoms with Gasteiger partial charge in [-0.25, -0.2) is 4.79 Å². The van der Waals surface area contributed by atoms with E-state index in [1.54, 1.807) is 18.2 Å². The van der Waals surface area contributed by atoms with Gasteiger partial charge < -0.3 is 14.6 Å². The normalized spacial score (nSPS) is 21.9. The highest BCUT2D eigenvalue weighted by Gasteiger charge is 2.30. The smallest absolute Gasteiger partial charge is 0.332 e. The maximum atomic E-state index is 10.7. The molecule has 0 amide bonds. The number of nitriles is 1. The molecule has 1 fully saturated rings. The SMILES string of the molecule is N#Cc1c(Cl)cccc1OCC1CCC(C(=O)O)O1. The number of benzene rings is 1. The Balaban J connectivity index is 1.96. The van der Waals surface area contributed by atoms with Crippen molar-refractivity contribution in [1.29, 1.82) is 5.26 Å². The lowest BCUT2D eigenvalue weighted by molar-refractivity contribution is -0.149. The van der Waals surface area contributed by atoms with E-state index in [0.29, 0.717) is 23.6 Å². The minimum atomic E-state index is -0.956. The van der Waals surface area contributed by atoms with Crippen molar-refractivity contribution in [1.82, 2.24) is 0 Å². The third-order valence-electron chi connectivity index (χ3n) is 2.89.